The van der Waals surface area contributed by atoms with Crippen molar-refractivity contribution in [2.24, 2.45) is 0 Å². The molecule has 4 nitrogen and oxygen atoms in total. The lowest BCUT2D eigenvalue weighted by atomic mass is 10.2. The Kier molecular flexibility index (Phi) is 6.46. The molecule has 0 aliphatic heterocycles. The minimum absolute atomic E-state index is 0.349. The van der Waals surface area contributed by atoms with Crippen LogP contribution in [-0.2, 0) is 6.54 Å². The third kappa shape index (κ3) is 4.48. The highest BCUT2D eigenvalue weighted by atomic mass is 79.9. The molecule has 0 aliphatic rings. The van der Waals surface area contributed by atoms with Gasteiger partial charge in [0.05, 0.1) is 24.3 Å². The first kappa shape index (κ1) is 15.3. The first-order valence-electron chi connectivity index (χ1n) is 5.96. The van der Waals surface area contributed by atoms with Crippen molar-refractivity contribution in [3.05, 3.63) is 22.2 Å². The molecule has 5 heteroatoms. The molecule has 0 amide bonds. The van der Waals surface area contributed by atoms with E-state index in [0.717, 1.165) is 15.8 Å². The third-order valence-corrected chi connectivity index (χ3v) is 2.94. The topological polar surface area (TPSA) is 50.7 Å². The Balaban J connectivity index is 2.79. The molecule has 0 saturated heterocycles. The lowest BCUT2D eigenvalue weighted by molar-refractivity contribution is 0.191. The molecule has 2 N–H and O–H groups in total. The predicted octanol–water partition coefficient (Wildman–Crippen LogP) is 2.33. The third-order valence-electron chi connectivity index (χ3n) is 2.35. The molecule has 1 rings (SSSR count). The SMILES string of the molecule is CCOc1c(Br)cc(CNC[C@@H](C)O)cc1OC. The Morgan fingerprint density at radius 2 is 2.17 bits per heavy atom. The molecule has 0 radical (unpaired) electrons. The van der Waals surface area contributed by atoms with E-state index in [1.54, 1.807) is 14.0 Å². The summed E-state index contributed by atoms with van der Waals surface area (Å²) in [5, 5.41) is 12.3. The fraction of sp³-hybridized carbons (Fsp3) is 0.538. The summed E-state index contributed by atoms with van der Waals surface area (Å²) in [7, 11) is 1.62. The van der Waals surface area contributed by atoms with E-state index in [1.807, 2.05) is 19.1 Å². The molecule has 0 aromatic heterocycles. The Morgan fingerprint density at radius 1 is 1.44 bits per heavy atom. The average Bonchev–Trinajstić information content (AvgIpc) is 2.31. The number of nitrogens with one attached hydrogen (secondary N) is 1. The Morgan fingerprint density at radius 3 is 2.72 bits per heavy atom. The summed E-state index contributed by atoms with van der Waals surface area (Å²) >= 11 is 3.48. The highest BCUT2D eigenvalue weighted by Crippen LogP contribution is 2.36. The van der Waals surface area contributed by atoms with Gasteiger partial charge in [0.15, 0.2) is 11.5 Å². The fourth-order valence-electron chi connectivity index (χ4n) is 1.59. The summed E-state index contributed by atoms with van der Waals surface area (Å²) in [5.41, 5.74) is 1.07. The van der Waals surface area contributed by atoms with E-state index in [0.29, 0.717) is 25.4 Å². The van der Waals surface area contributed by atoms with Crippen molar-refractivity contribution in [2.45, 2.75) is 26.5 Å². The van der Waals surface area contributed by atoms with Gasteiger partial charge in [-0.25, -0.2) is 0 Å². The number of aliphatic hydroxyl groups excluding tert-OH is 1. The van der Waals surface area contributed by atoms with Crippen LogP contribution in [0, 0.1) is 0 Å². The quantitative estimate of drug-likeness (QED) is 0.810. The molecule has 0 spiro atoms. The highest BCUT2D eigenvalue weighted by molar-refractivity contribution is 9.10. The molecule has 0 unspecified atom stereocenters. The van der Waals surface area contributed by atoms with Gasteiger partial charge in [-0.3, -0.25) is 0 Å². The Bertz CT molecular complexity index is 383. The van der Waals surface area contributed by atoms with Gasteiger partial charge in [-0.15, -0.1) is 0 Å². The summed E-state index contributed by atoms with van der Waals surface area (Å²) in [6.07, 6.45) is -0.349. The lowest BCUT2D eigenvalue weighted by Crippen LogP contribution is -2.23. The number of rotatable bonds is 7. The zero-order valence-corrected chi connectivity index (χ0v) is 12.6. The van der Waals surface area contributed by atoms with Crippen LogP contribution in [0.1, 0.15) is 19.4 Å². The maximum Gasteiger partial charge on any atom is 0.175 e. The fourth-order valence-corrected chi connectivity index (χ4v) is 2.19. The number of halogens is 1. The normalized spacial score (nSPS) is 12.3. The van der Waals surface area contributed by atoms with Crippen LogP contribution in [0.2, 0.25) is 0 Å². The number of ether oxygens (including phenoxy) is 2. The van der Waals surface area contributed by atoms with Crippen molar-refractivity contribution in [1.29, 1.82) is 0 Å². The van der Waals surface area contributed by atoms with E-state index in [4.69, 9.17) is 9.47 Å². The monoisotopic (exact) mass is 317 g/mol. The minimum Gasteiger partial charge on any atom is -0.493 e. The molecule has 0 bridgehead atoms. The van der Waals surface area contributed by atoms with Crippen molar-refractivity contribution >= 4 is 15.9 Å². The van der Waals surface area contributed by atoms with Crippen LogP contribution < -0.4 is 14.8 Å². The van der Waals surface area contributed by atoms with Crippen LogP contribution in [0.5, 0.6) is 11.5 Å². The zero-order valence-electron chi connectivity index (χ0n) is 11.0. The summed E-state index contributed by atoms with van der Waals surface area (Å²) in [6.45, 7) is 5.51. The smallest absolute Gasteiger partial charge is 0.175 e. The Labute approximate surface area is 116 Å². The van der Waals surface area contributed by atoms with Gasteiger partial charge in [0.25, 0.3) is 0 Å². The van der Waals surface area contributed by atoms with Gasteiger partial charge in [0.2, 0.25) is 0 Å². The van der Waals surface area contributed by atoms with Crippen molar-refractivity contribution in [3.63, 3.8) is 0 Å². The van der Waals surface area contributed by atoms with Crippen LogP contribution >= 0.6 is 15.9 Å². The second-order valence-corrected chi connectivity index (χ2v) is 4.88. The van der Waals surface area contributed by atoms with Crippen molar-refractivity contribution in [3.8, 4) is 11.5 Å². The zero-order chi connectivity index (χ0) is 13.5. The van der Waals surface area contributed by atoms with Gasteiger partial charge in [-0.1, -0.05) is 0 Å². The van der Waals surface area contributed by atoms with E-state index in [9.17, 15) is 5.11 Å². The van der Waals surface area contributed by atoms with Crippen LogP contribution in [0.15, 0.2) is 16.6 Å². The van der Waals surface area contributed by atoms with Gasteiger partial charge in [-0.05, 0) is 47.5 Å². The van der Waals surface area contributed by atoms with Crippen LogP contribution in [0.25, 0.3) is 0 Å². The first-order valence-corrected chi connectivity index (χ1v) is 6.75. The standard InChI is InChI=1S/C13H20BrNO3/c1-4-18-13-11(14)5-10(6-12(13)17-3)8-15-7-9(2)16/h5-6,9,15-16H,4,7-8H2,1-3H3/t9-/m1/s1. The van der Waals surface area contributed by atoms with Gasteiger partial charge >= 0.3 is 0 Å². The van der Waals surface area contributed by atoms with Crippen LogP contribution in [0.4, 0.5) is 0 Å². The minimum atomic E-state index is -0.349. The maximum absolute atomic E-state index is 9.18. The van der Waals surface area contributed by atoms with Gasteiger partial charge in [0, 0.05) is 13.1 Å². The molecule has 1 aromatic rings. The first-order chi connectivity index (χ1) is 8.58. The molecule has 18 heavy (non-hydrogen) atoms. The van der Waals surface area contributed by atoms with Crippen molar-refractivity contribution < 1.29 is 14.6 Å². The van der Waals surface area contributed by atoms with E-state index in [1.165, 1.54) is 0 Å². The molecule has 102 valence electrons. The van der Waals surface area contributed by atoms with Crippen molar-refractivity contribution in [2.75, 3.05) is 20.3 Å². The van der Waals surface area contributed by atoms with Crippen LogP contribution in [-0.4, -0.2) is 31.5 Å². The molecule has 0 saturated carbocycles. The summed E-state index contributed by atoms with van der Waals surface area (Å²) in [5.74, 6) is 1.43. The second-order valence-electron chi connectivity index (χ2n) is 4.02. The molecule has 0 fully saturated rings. The van der Waals surface area contributed by atoms with Crippen LogP contribution in [0.3, 0.4) is 0 Å². The molecule has 1 aromatic carbocycles. The number of hydrogen-bond acceptors (Lipinski definition) is 4. The van der Waals surface area contributed by atoms with E-state index in [-0.39, 0.29) is 6.10 Å². The number of benzene rings is 1. The van der Waals surface area contributed by atoms with Crippen molar-refractivity contribution in [1.82, 2.24) is 5.32 Å². The average molecular weight is 318 g/mol. The van der Waals surface area contributed by atoms with Gasteiger partial charge < -0.3 is 19.9 Å². The molecular weight excluding hydrogens is 298 g/mol. The number of methoxy groups -OCH3 is 1. The number of aliphatic hydroxyl groups is 1. The molecule has 0 heterocycles. The Hall–Kier alpha value is -0.780. The maximum atomic E-state index is 9.18. The number of hydrogen-bond donors (Lipinski definition) is 2. The largest absolute Gasteiger partial charge is 0.493 e. The molecule has 1 atom stereocenters. The van der Waals surface area contributed by atoms with E-state index >= 15 is 0 Å². The van der Waals surface area contributed by atoms with Gasteiger partial charge in [-0.2, -0.15) is 0 Å². The van der Waals surface area contributed by atoms with Gasteiger partial charge in [0.1, 0.15) is 0 Å². The summed E-state index contributed by atoms with van der Waals surface area (Å²) < 4.78 is 11.7. The second kappa shape index (κ2) is 7.61. The summed E-state index contributed by atoms with van der Waals surface area (Å²) in [4.78, 5) is 0. The lowest BCUT2D eigenvalue weighted by Gasteiger charge is -2.14. The predicted molar refractivity (Wildman–Crippen MR) is 75.3 cm³/mol. The summed E-state index contributed by atoms with van der Waals surface area (Å²) in [6, 6.07) is 3.92. The highest BCUT2D eigenvalue weighted by Gasteiger charge is 2.11. The van der Waals surface area contributed by atoms with E-state index in [2.05, 4.69) is 21.2 Å². The molecular formula is C13H20BrNO3. The van der Waals surface area contributed by atoms with E-state index < -0.39 is 0 Å². The molecule has 0 aliphatic carbocycles.